The number of fused-ring (bicyclic) bond motifs is 1. The molecule has 4 nitrogen and oxygen atoms in total. The highest BCUT2D eigenvalue weighted by molar-refractivity contribution is 7.98. The smallest absolute Gasteiger partial charge is 0.191 e. The zero-order valence-corrected chi connectivity index (χ0v) is 19.6. The summed E-state index contributed by atoms with van der Waals surface area (Å²) in [6.45, 7) is 8.65. The van der Waals surface area contributed by atoms with Gasteiger partial charge in [0, 0.05) is 12.8 Å². The molecule has 0 fully saturated rings. The van der Waals surface area contributed by atoms with E-state index in [0.717, 1.165) is 22.5 Å². The molecule has 0 spiro atoms. The van der Waals surface area contributed by atoms with E-state index in [4.69, 9.17) is 4.74 Å². The van der Waals surface area contributed by atoms with Crippen LogP contribution in [0.25, 0.3) is 10.8 Å². The molecule has 0 N–H and O–H groups in total. The highest BCUT2D eigenvalue weighted by Gasteiger charge is 2.18. The molecule has 0 aliphatic heterocycles. The lowest BCUT2D eigenvalue weighted by Gasteiger charge is -2.20. The lowest BCUT2D eigenvalue weighted by molar-refractivity contribution is 0.211. The summed E-state index contributed by atoms with van der Waals surface area (Å²) >= 11 is 1.70. The van der Waals surface area contributed by atoms with E-state index < -0.39 is 0 Å². The molecule has 1 aromatic heterocycles. The Bertz CT molecular complexity index is 1170. The summed E-state index contributed by atoms with van der Waals surface area (Å²) in [5.74, 6) is 2.50. The average Bonchev–Trinajstić information content (AvgIpc) is 3.12. The van der Waals surface area contributed by atoms with Crippen molar-refractivity contribution in [1.29, 1.82) is 0 Å². The van der Waals surface area contributed by atoms with Gasteiger partial charge in [-0.1, -0.05) is 87.1 Å². The average molecular weight is 432 g/mol. The molecule has 0 amide bonds. The first-order valence-electron chi connectivity index (χ1n) is 10.6. The Morgan fingerprint density at radius 2 is 1.65 bits per heavy atom. The van der Waals surface area contributed by atoms with Gasteiger partial charge in [-0.15, -0.1) is 10.2 Å². The second kappa shape index (κ2) is 8.75. The van der Waals surface area contributed by atoms with Gasteiger partial charge in [0.2, 0.25) is 0 Å². The van der Waals surface area contributed by atoms with Crippen molar-refractivity contribution >= 4 is 22.5 Å². The molecule has 1 atom stereocenters. The molecule has 0 saturated carbocycles. The quantitative estimate of drug-likeness (QED) is 0.319. The molecule has 160 valence electrons. The van der Waals surface area contributed by atoms with Crippen LogP contribution in [0.4, 0.5) is 0 Å². The molecule has 0 radical (unpaired) electrons. The van der Waals surface area contributed by atoms with Crippen LogP contribution in [-0.4, -0.2) is 14.8 Å². The second-order valence-corrected chi connectivity index (χ2v) is 9.80. The molecule has 31 heavy (non-hydrogen) atoms. The summed E-state index contributed by atoms with van der Waals surface area (Å²) in [7, 11) is 2.00. The Balaban J connectivity index is 1.45. The first kappa shape index (κ1) is 21.4. The van der Waals surface area contributed by atoms with E-state index in [9.17, 15) is 0 Å². The summed E-state index contributed by atoms with van der Waals surface area (Å²) in [6.07, 6.45) is -0.190. The number of thioether (sulfide) groups is 1. The number of hydrogen-bond acceptors (Lipinski definition) is 4. The summed E-state index contributed by atoms with van der Waals surface area (Å²) < 4.78 is 8.18. The van der Waals surface area contributed by atoms with Gasteiger partial charge in [0.25, 0.3) is 0 Å². The maximum atomic E-state index is 6.15. The SMILES string of the molecule is CC(Oc1ccc(C(C)(C)C)cc1)c1nnc(SCc2cccc3ccccc23)n1C. The monoisotopic (exact) mass is 431 g/mol. The van der Waals surface area contributed by atoms with Gasteiger partial charge in [-0.3, -0.25) is 0 Å². The van der Waals surface area contributed by atoms with Crippen LogP contribution in [-0.2, 0) is 18.2 Å². The minimum absolute atomic E-state index is 0.129. The van der Waals surface area contributed by atoms with Crippen LogP contribution in [0.5, 0.6) is 5.75 Å². The highest BCUT2D eigenvalue weighted by atomic mass is 32.2. The first-order valence-corrected chi connectivity index (χ1v) is 11.6. The Hall–Kier alpha value is -2.79. The van der Waals surface area contributed by atoms with Gasteiger partial charge in [-0.25, -0.2) is 0 Å². The van der Waals surface area contributed by atoms with Crippen molar-refractivity contribution in [2.24, 2.45) is 7.05 Å². The van der Waals surface area contributed by atoms with Gasteiger partial charge in [0.15, 0.2) is 17.1 Å². The van der Waals surface area contributed by atoms with E-state index in [1.54, 1.807) is 11.8 Å². The van der Waals surface area contributed by atoms with Crippen molar-refractivity contribution in [3.63, 3.8) is 0 Å². The molecule has 5 heteroatoms. The fourth-order valence-electron chi connectivity index (χ4n) is 3.66. The van der Waals surface area contributed by atoms with Crippen LogP contribution in [0, 0.1) is 0 Å². The summed E-state index contributed by atoms with van der Waals surface area (Å²) in [5, 5.41) is 12.3. The van der Waals surface area contributed by atoms with Gasteiger partial charge in [-0.05, 0) is 46.4 Å². The summed E-state index contributed by atoms with van der Waals surface area (Å²) in [6, 6.07) is 23.3. The summed E-state index contributed by atoms with van der Waals surface area (Å²) in [4.78, 5) is 0. The zero-order valence-electron chi connectivity index (χ0n) is 18.8. The molecule has 0 aliphatic rings. The molecule has 0 aliphatic carbocycles. The third-order valence-corrected chi connectivity index (χ3v) is 6.57. The van der Waals surface area contributed by atoms with Gasteiger partial charge < -0.3 is 9.30 Å². The highest BCUT2D eigenvalue weighted by Crippen LogP contribution is 2.29. The van der Waals surface area contributed by atoms with E-state index in [1.165, 1.54) is 21.9 Å². The number of rotatable bonds is 6. The molecule has 1 unspecified atom stereocenters. The van der Waals surface area contributed by atoms with E-state index in [2.05, 4.69) is 85.6 Å². The third kappa shape index (κ3) is 4.77. The fourth-order valence-corrected chi connectivity index (χ4v) is 4.58. The number of nitrogens with zero attached hydrogens (tertiary/aromatic N) is 3. The van der Waals surface area contributed by atoms with E-state index in [1.807, 2.05) is 30.7 Å². The molecule has 1 heterocycles. The predicted molar refractivity (Wildman–Crippen MR) is 129 cm³/mol. The van der Waals surface area contributed by atoms with Gasteiger partial charge >= 0.3 is 0 Å². The van der Waals surface area contributed by atoms with Crippen LogP contribution in [0.1, 0.15) is 50.8 Å². The number of hydrogen-bond donors (Lipinski definition) is 0. The fraction of sp³-hybridized carbons (Fsp3) is 0.308. The van der Waals surface area contributed by atoms with E-state index in [0.29, 0.717) is 0 Å². The second-order valence-electron chi connectivity index (χ2n) is 8.86. The van der Waals surface area contributed by atoms with Crippen molar-refractivity contribution in [3.05, 3.63) is 83.7 Å². The van der Waals surface area contributed by atoms with Crippen molar-refractivity contribution in [2.75, 3.05) is 0 Å². The van der Waals surface area contributed by atoms with Crippen molar-refractivity contribution in [3.8, 4) is 5.75 Å². The molecular weight excluding hydrogens is 402 g/mol. The van der Waals surface area contributed by atoms with Crippen LogP contribution in [0.2, 0.25) is 0 Å². The third-order valence-electron chi connectivity index (χ3n) is 5.50. The lowest BCUT2D eigenvalue weighted by atomic mass is 9.87. The Labute approximate surface area is 188 Å². The number of ether oxygens (including phenoxy) is 1. The molecule has 4 aromatic rings. The lowest BCUT2D eigenvalue weighted by Crippen LogP contribution is -2.12. The van der Waals surface area contributed by atoms with Crippen LogP contribution in [0.15, 0.2) is 71.9 Å². The molecule has 3 aromatic carbocycles. The summed E-state index contributed by atoms with van der Waals surface area (Å²) in [5.41, 5.74) is 2.72. The number of benzene rings is 3. The van der Waals surface area contributed by atoms with Gasteiger partial charge in [-0.2, -0.15) is 0 Å². The van der Waals surface area contributed by atoms with Gasteiger partial charge in [0.05, 0.1) is 0 Å². The van der Waals surface area contributed by atoms with E-state index in [-0.39, 0.29) is 11.5 Å². The molecular formula is C26H29N3OS. The van der Waals surface area contributed by atoms with Crippen molar-refractivity contribution in [1.82, 2.24) is 14.8 Å². The Kier molecular flexibility index (Phi) is 6.05. The minimum Gasteiger partial charge on any atom is -0.483 e. The minimum atomic E-state index is -0.190. The first-order chi connectivity index (χ1) is 14.8. The van der Waals surface area contributed by atoms with Crippen LogP contribution in [0.3, 0.4) is 0 Å². The standard InChI is InChI=1S/C26H29N3OS/c1-18(30-22-15-13-21(14-16-22)26(2,3)4)24-27-28-25(29(24)5)31-17-20-11-8-10-19-9-6-7-12-23(19)20/h6-16,18H,17H2,1-5H3. The molecule has 0 saturated heterocycles. The Morgan fingerprint density at radius 1 is 0.935 bits per heavy atom. The predicted octanol–water partition coefficient (Wildman–Crippen LogP) is 6.70. The maximum Gasteiger partial charge on any atom is 0.191 e. The maximum absolute atomic E-state index is 6.15. The van der Waals surface area contributed by atoms with Crippen molar-refractivity contribution < 1.29 is 4.74 Å². The molecule has 0 bridgehead atoms. The Morgan fingerprint density at radius 3 is 2.39 bits per heavy atom. The topological polar surface area (TPSA) is 39.9 Å². The number of aromatic nitrogens is 3. The molecule has 4 rings (SSSR count). The zero-order chi connectivity index (χ0) is 22.0. The van der Waals surface area contributed by atoms with Gasteiger partial charge in [0.1, 0.15) is 5.75 Å². The van der Waals surface area contributed by atoms with Crippen LogP contribution < -0.4 is 4.74 Å². The van der Waals surface area contributed by atoms with Crippen LogP contribution >= 0.6 is 11.8 Å². The normalized spacial score (nSPS) is 12.8. The van der Waals surface area contributed by atoms with E-state index >= 15 is 0 Å². The largest absolute Gasteiger partial charge is 0.483 e. The van der Waals surface area contributed by atoms with Crippen molar-refractivity contribution in [2.45, 2.75) is 50.1 Å².